The fraction of sp³-hybridized carbons (Fsp3) is 0.304. The van der Waals surface area contributed by atoms with E-state index in [1.54, 1.807) is 36.4 Å². The van der Waals surface area contributed by atoms with Crippen LogP contribution in [0.3, 0.4) is 0 Å². The van der Waals surface area contributed by atoms with E-state index in [1.165, 1.54) is 17.0 Å². The Morgan fingerprint density at radius 2 is 1.57 bits per heavy atom. The number of benzene rings is 2. The van der Waals surface area contributed by atoms with Gasteiger partial charge >= 0.3 is 5.97 Å². The number of piperidine rings is 1. The largest absolute Gasteiger partial charge is 0.480 e. The van der Waals surface area contributed by atoms with Crippen LogP contribution in [0, 0.1) is 5.41 Å². The second kappa shape index (κ2) is 7.40. The first-order chi connectivity index (χ1) is 14.3. The Morgan fingerprint density at radius 3 is 2.20 bits per heavy atom. The number of carbonyl (C=O) groups excluding carboxylic acids is 3. The number of nitrogens with zero attached hydrogens (tertiary/aromatic N) is 1. The van der Waals surface area contributed by atoms with Crippen molar-refractivity contribution in [2.75, 3.05) is 6.54 Å². The molecule has 4 rings (SSSR count). The predicted molar refractivity (Wildman–Crippen MR) is 108 cm³/mol. The van der Waals surface area contributed by atoms with Crippen molar-refractivity contribution >= 4 is 23.6 Å². The first kappa shape index (κ1) is 19.8. The SMILES string of the molecule is C[C@]12CC(C(=O)O)N(C(=O)CNC(=O)c3ccc(C(=O)c4ccccc4)cc3)[C@H]1C2. The van der Waals surface area contributed by atoms with E-state index >= 15 is 0 Å². The zero-order valence-corrected chi connectivity index (χ0v) is 16.5. The van der Waals surface area contributed by atoms with Crippen molar-refractivity contribution in [2.24, 2.45) is 5.41 Å². The molecule has 1 aliphatic heterocycles. The lowest BCUT2D eigenvalue weighted by Crippen LogP contribution is -2.47. The number of carboxylic acids is 1. The van der Waals surface area contributed by atoms with Crippen molar-refractivity contribution in [3.05, 3.63) is 71.3 Å². The average Bonchev–Trinajstić information content (AvgIpc) is 3.32. The molecule has 2 amide bonds. The molecule has 0 radical (unpaired) electrons. The summed E-state index contributed by atoms with van der Waals surface area (Å²) >= 11 is 0. The summed E-state index contributed by atoms with van der Waals surface area (Å²) in [5, 5.41) is 11.9. The van der Waals surface area contributed by atoms with Gasteiger partial charge in [0, 0.05) is 22.7 Å². The summed E-state index contributed by atoms with van der Waals surface area (Å²) in [6.45, 7) is 1.72. The van der Waals surface area contributed by atoms with Crippen molar-refractivity contribution in [1.29, 1.82) is 0 Å². The van der Waals surface area contributed by atoms with E-state index < -0.39 is 23.8 Å². The Hall–Kier alpha value is -3.48. The number of aliphatic carboxylic acids is 1. The van der Waals surface area contributed by atoms with E-state index in [1.807, 2.05) is 13.0 Å². The number of rotatable bonds is 6. The van der Waals surface area contributed by atoms with Gasteiger partial charge in [0.05, 0.1) is 6.54 Å². The second-order valence-electron chi connectivity index (χ2n) is 8.19. The number of nitrogens with one attached hydrogen (secondary N) is 1. The number of amides is 2. The van der Waals surface area contributed by atoms with Crippen molar-refractivity contribution in [2.45, 2.75) is 31.8 Å². The first-order valence-corrected chi connectivity index (χ1v) is 9.82. The van der Waals surface area contributed by atoms with E-state index in [2.05, 4.69) is 5.32 Å². The lowest BCUT2D eigenvalue weighted by Gasteiger charge is -2.24. The van der Waals surface area contributed by atoms with Gasteiger partial charge in [-0.3, -0.25) is 14.4 Å². The van der Waals surface area contributed by atoms with Crippen molar-refractivity contribution in [3.63, 3.8) is 0 Å². The standard InChI is InChI=1S/C23H22N2O5/c1-23-11-17(22(29)30)25(18(23)12-23)19(26)13-24-21(28)16-9-7-15(8-10-16)20(27)14-5-3-2-4-6-14/h2-10,17-18H,11-13H2,1H3,(H,24,28)(H,29,30)/t17?,18-,23+/m0/s1. The van der Waals surface area contributed by atoms with E-state index in [9.17, 15) is 24.3 Å². The van der Waals surface area contributed by atoms with Gasteiger partial charge in [-0.1, -0.05) is 49.4 Å². The maximum absolute atomic E-state index is 12.6. The van der Waals surface area contributed by atoms with Gasteiger partial charge in [0.15, 0.2) is 5.78 Å². The topological polar surface area (TPSA) is 104 Å². The third kappa shape index (κ3) is 3.58. The average molecular weight is 406 g/mol. The van der Waals surface area contributed by atoms with Crippen LogP contribution < -0.4 is 5.32 Å². The molecule has 2 aromatic rings. The lowest BCUT2D eigenvalue weighted by atomic mass is 10.0. The highest BCUT2D eigenvalue weighted by Crippen LogP contribution is 2.59. The predicted octanol–water partition coefficient (Wildman–Crippen LogP) is 2.11. The highest BCUT2D eigenvalue weighted by molar-refractivity contribution is 6.09. The Balaban J connectivity index is 1.37. The van der Waals surface area contributed by atoms with Crippen LogP contribution in [0.4, 0.5) is 0 Å². The van der Waals surface area contributed by atoms with Crippen molar-refractivity contribution in [1.82, 2.24) is 10.2 Å². The van der Waals surface area contributed by atoms with Crippen molar-refractivity contribution < 1.29 is 24.3 Å². The molecule has 1 saturated heterocycles. The van der Waals surface area contributed by atoms with Crippen LogP contribution >= 0.6 is 0 Å². The molecule has 30 heavy (non-hydrogen) atoms. The molecule has 2 fully saturated rings. The summed E-state index contributed by atoms with van der Waals surface area (Å²) in [5.74, 6) is -2.00. The Labute approximate surface area is 173 Å². The molecular formula is C23H22N2O5. The third-order valence-electron chi connectivity index (χ3n) is 6.05. The van der Waals surface area contributed by atoms with Crippen molar-refractivity contribution in [3.8, 4) is 0 Å². The second-order valence-corrected chi connectivity index (χ2v) is 8.19. The van der Waals surface area contributed by atoms with E-state index in [0.717, 1.165) is 6.42 Å². The van der Waals surface area contributed by atoms with Gasteiger partial charge in [-0.25, -0.2) is 4.79 Å². The summed E-state index contributed by atoms with van der Waals surface area (Å²) in [6.07, 6.45) is 1.25. The van der Waals surface area contributed by atoms with Gasteiger partial charge in [0.2, 0.25) is 5.91 Å². The molecule has 0 aromatic heterocycles. The Morgan fingerprint density at radius 1 is 0.967 bits per heavy atom. The minimum Gasteiger partial charge on any atom is -0.480 e. The number of carbonyl (C=O) groups is 4. The fourth-order valence-electron chi connectivity index (χ4n) is 4.23. The summed E-state index contributed by atoms with van der Waals surface area (Å²) in [4.78, 5) is 50.3. The van der Waals surface area contributed by atoms with Crippen LogP contribution in [0.15, 0.2) is 54.6 Å². The molecule has 1 heterocycles. The first-order valence-electron chi connectivity index (χ1n) is 9.82. The number of fused-ring (bicyclic) bond motifs is 1. The summed E-state index contributed by atoms with van der Waals surface area (Å²) < 4.78 is 0. The molecule has 154 valence electrons. The lowest BCUT2D eigenvalue weighted by molar-refractivity contribution is -0.149. The molecule has 7 nitrogen and oxygen atoms in total. The van der Waals surface area contributed by atoms with Gasteiger partial charge < -0.3 is 15.3 Å². The summed E-state index contributed by atoms with van der Waals surface area (Å²) in [7, 11) is 0. The number of ketones is 1. The smallest absolute Gasteiger partial charge is 0.326 e. The highest BCUT2D eigenvalue weighted by Gasteiger charge is 2.64. The fourth-order valence-corrected chi connectivity index (χ4v) is 4.23. The van der Waals surface area contributed by atoms with Crippen LogP contribution in [-0.4, -0.2) is 52.2 Å². The van der Waals surface area contributed by atoms with Crippen LogP contribution in [0.25, 0.3) is 0 Å². The zero-order chi connectivity index (χ0) is 21.5. The highest BCUT2D eigenvalue weighted by atomic mass is 16.4. The minimum atomic E-state index is -1.01. The van der Waals surface area contributed by atoms with E-state index in [4.69, 9.17) is 0 Å². The molecule has 1 unspecified atom stereocenters. The minimum absolute atomic E-state index is 0.0636. The quantitative estimate of drug-likeness (QED) is 0.715. The maximum Gasteiger partial charge on any atom is 0.326 e. The number of likely N-dealkylation sites (tertiary alicyclic amines) is 1. The van der Waals surface area contributed by atoms with Gasteiger partial charge in [-0.05, 0) is 30.4 Å². The maximum atomic E-state index is 12.6. The summed E-state index contributed by atoms with van der Waals surface area (Å²) in [6, 6.07) is 14.2. The zero-order valence-electron chi connectivity index (χ0n) is 16.5. The summed E-state index contributed by atoms with van der Waals surface area (Å²) in [5.41, 5.74) is 1.22. The molecule has 1 saturated carbocycles. The van der Waals surface area contributed by atoms with Gasteiger partial charge in [-0.15, -0.1) is 0 Å². The molecule has 0 spiro atoms. The molecular weight excluding hydrogens is 384 g/mol. The molecule has 7 heteroatoms. The Kier molecular flexibility index (Phi) is 4.89. The molecule has 0 bridgehead atoms. The third-order valence-corrected chi connectivity index (χ3v) is 6.05. The normalized spacial score (nSPS) is 24.1. The molecule has 1 aliphatic carbocycles. The molecule has 3 atom stereocenters. The molecule has 2 aromatic carbocycles. The number of hydrogen-bond acceptors (Lipinski definition) is 4. The number of hydrogen-bond donors (Lipinski definition) is 2. The molecule has 2 aliphatic rings. The number of carboxylic acid groups (broad SMARTS) is 1. The monoisotopic (exact) mass is 406 g/mol. The van der Waals surface area contributed by atoms with Gasteiger partial charge in [0.1, 0.15) is 6.04 Å². The van der Waals surface area contributed by atoms with Crippen LogP contribution in [0.5, 0.6) is 0 Å². The van der Waals surface area contributed by atoms with Crippen LogP contribution in [0.1, 0.15) is 46.0 Å². The van der Waals surface area contributed by atoms with E-state index in [0.29, 0.717) is 23.1 Å². The van der Waals surface area contributed by atoms with Crippen LogP contribution in [0.2, 0.25) is 0 Å². The van der Waals surface area contributed by atoms with Gasteiger partial charge in [0.25, 0.3) is 5.91 Å². The Bertz CT molecular complexity index is 1020. The van der Waals surface area contributed by atoms with Gasteiger partial charge in [-0.2, -0.15) is 0 Å². The van der Waals surface area contributed by atoms with E-state index in [-0.39, 0.29) is 23.8 Å². The van der Waals surface area contributed by atoms with Crippen LogP contribution in [-0.2, 0) is 9.59 Å². The molecule has 2 N–H and O–H groups in total.